The van der Waals surface area contributed by atoms with Crippen molar-refractivity contribution in [3.05, 3.63) is 82.9 Å². The summed E-state index contributed by atoms with van der Waals surface area (Å²) in [6.07, 6.45) is 0. The van der Waals surface area contributed by atoms with Gasteiger partial charge in [0.05, 0.1) is 14.2 Å². The summed E-state index contributed by atoms with van der Waals surface area (Å²) >= 11 is 0. The molecule has 0 saturated carbocycles. The normalized spacial score (nSPS) is 10.1. The number of aryl methyl sites for hydroxylation is 1. The molecule has 3 rings (SSSR count). The molecule has 3 aromatic carbocycles. The number of benzene rings is 3. The van der Waals surface area contributed by atoms with Crippen LogP contribution >= 0.6 is 0 Å². The number of phenols is 2. The Hall–Kier alpha value is -3.14. The molecular weight excluding hydrogens is 436 g/mol. The second-order valence-corrected chi connectivity index (χ2v) is 9.30. The predicted octanol–water partition coefficient (Wildman–Crippen LogP) is 8.80. The maximum atomic E-state index is 9.08. The summed E-state index contributed by atoms with van der Waals surface area (Å²) in [6.45, 7) is 14.9. The fourth-order valence-electron chi connectivity index (χ4n) is 3.07. The first kappa shape index (κ1) is 31.9. The fourth-order valence-corrected chi connectivity index (χ4v) is 3.07. The smallest absolute Gasteiger partial charge is 0.122 e. The van der Waals surface area contributed by atoms with Crippen molar-refractivity contribution in [2.75, 3.05) is 14.2 Å². The van der Waals surface area contributed by atoms with Crippen molar-refractivity contribution in [2.45, 2.75) is 73.6 Å². The first-order valence-electron chi connectivity index (χ1n) is 11.8. The SMILES string of the molecule is C.CC(C)c1cc(O)cc(O)c1.COc1cc(OC)cc(C(C)C)c1.Cc1ccc(C(C)C)cc1. The highest BCUT2D eigenvalue weighted by atomic mass is 16.5. The molecule has 0 fully saturated rings. The number of aromatic hydroxyl groups is 2. The maximum absolute atomic E-state index is 9.08. The molecule has 35 heavy (non-hydrogen) atoms. The number of hydrogen-bond donors (Lipinski definition) is 2. The van der Waals surface area contributed by atoms with Crippen LogP contribution in [0.4, 0.5) is 0 Å². The minimum atomic E-state index is 0. The van der Waals surface area contributed by atoms with Gasteiger partial charge in [-0.1, -0.05) is 78.8 Å². The minimum absolute atomic E-state index is 0. The van der Waals surface area contributed by atoms with Crippen molar-refractivity contribution < 1.29 is 19.7 Å². The molecule has 0 aliphatic heterocycles. The zero-order chi connectivity index (χ0) is 25.8. The Balaban J connectivity index is 0.000000493. The van der Waals surface area contributed by atoms with E-state index in [0.717, 1.165) is 17.1 Å². The van der Waals surface area contributed by atoms with Gasteiger partial charge in [-0.2, -0.15) is 0 Å². The molecule has 0 atom stereocenters. The quantitative estimate of drug-likeness (QED) is 0.381. The zero-order valence-corrected chi connectivity index (χ0v) is 22.2. The molecule has 0 amide bonds. The van der Waals surface area contributed by atoms with E-state index < -0.39 is 0 Å². The van der Waals surface area contributed by atoms with Gasteiger partial charge in [0, 0.05) is 12.1 Å². The van der Waals surface area contributed by atoms with Crippen LogP contribution in [0.1, 0.15) is 89.0 Å². The number of ether oxygens (including phenoxy) is 2. The van der Waals surface area contributed by atoms with E-state index in [0.29, 0.717) is 17.8 Å². The monoisotopic (exact) mass is 482 g/mol. The Morgan fingerprint density at radius 2 is 0.914 bits per heavy atom. The molecule has 0 unspecified atom stereocenters. The van der Waals surface area contributed by atoms with Gasteiger partial charge in [-0.05, 0) is 65.6 Å². The Labute approximate surface area is 213 Å². The molecule has 4 heteroatoms. The maximum Gasteiger partial charge on any atom is 0.122 e. The van der Waals surface area contributed by atoms with Crippen LogP contribution in [0.3, 0.4) is 0 Å². The molecule has 0 saturated heterocycles. The number of hydrogen-bond acceptors (Lipinski definition) is 4. The number of methoxy groups -OCH3 is 2. The summed E-state index contributed by atoms with van der Waals surface area (Å²) in [7, 11) is 3.33. The van der Waals surface area contributed by atoms with E-state index in [4.69, 9.17) is 19.7 Å². The minimum Gasteiger partial charge on any atom is -0.508 e. The number of phenolic OH excluding ortho intramolecular Hbond substituents is 2. The predicted molar refractivity (Wildman–Crippen MR) is 149 cm³/mol. The van der Waals surface area contributed by atoms with E-state index in [2.05, 4.69) is 58.9 Å². The summed E-state index contributed by atoms with van der Waals surface area (Å²) in [5, 5.41) is 18.2. The van der Waals surface area contributed by atoms with E-state index in [1.807, 2.05) is 32.0 Å². The zero-order valence-electron chi connectivity index (χ0n) is 22.2. The Morgan fingerprint density at radius 3 is 1.26 bits per heavy atom. The Morgan fingerprint density at radius 1 is 0.543 bits per heavy atom. The van der Waals surface area contributed by atoms with Crippen LogP contribution in [-0.2, 0) is 0 Å². The lowest BCUT2D eigenvalue weighted by Crippen LogP contribution is -1.92. The molecule has 4 nitrogen and oxygen atoms in total. The summed E-state index contributed by atoms with van der Waals surface area (Å²) in [4.78, 5) is 0. The van der Waals surface area contributed by atoms with Crippen LogP contribution in [0.5, 0.6) is 23.0 Å². The topological polar surface area (TPSA) is 58.9 Å². The molecule has 0 aromatic heterocycles. The van der Waals surface area contributed by atoms with Crippen molar-refractivity contribution in [3.8, 4) is 23.0 Å². The molecule has 3 aromatic rings. The highest BCUT2D eigenvalue weighted by molar-refractivity contribution is 5.39. The molecule has 194 valence electrons. The largest absolute Gasteiger partial charge is 0.508 e. The van der Waals surface area contributed by atoms with Crippen LogP contribution in [-0.4, -0.2) is 24.4 Å². The summed E-state index contributed by atoms with van der Waals surface area (Å²) in [5.74, 6) is 3.41. The van der Waals surface area contributed by atoms with Gasteiger partial charge in [0.15, 0.2) is 0 Å². The average Bonchev–Trinajstić information content (AvgIpc) is 2.79. The number of rotatable bonds is 5. The molecule has 0 spiro atoms. The summed E-state index contributed by atoms with van der Waals surface area (Å²) < 4.78 is 10.3. The first-order valence-corrected chi connectivity index (χ1v) is 11.8. The lowest BCUT2D eigenvalue weighted by Gasteiger charge is -2.10. The van der Waals surface area contributed by atoms with E-state index >= 15 is 0 Å². The third-order valence-corrected chi connectivity index (χ3v) is 5.38. The third-order valence-electron chi connectivity index (χ3n) is 5.38. The van der Waals surface area contributed by atoms with Gasteiger partial charge in [-0.15, -0.1) is 0 Å². The van der Waals surface area contributed by atoms with Crippen molar-refractivity contribution in [1.29, 1.82) is 0 Å². The fraction of sp³-hybridized carbons (Fsp3) is 0.419. The molecule has 0 bridgehead atoms. The molecule has 0 radical (unpaired) electrons. The van der Waals surface area contributed by atoms with Gasteiger partial charge in [0.2, 0.25) is 0 Å². The lowest BCUT2D eigenvalue weighted by molar-refractivity contribution is 0.393. The van der Waals surface area contributed by atoms with Crippen molar-refractivity contribution in [2.24, 2.45) is 0 Å². The van der Waals surface area contributed by atoms with Crippen LogP contribution in [0.2, 0.25) is 0 Å². The van der Waals surface area contributed by atoms with Crippen LogP contribution in [0, 0.1) is 6.92 Å². The van der Waals surface area contributed by atoms with Crippen LogP contribution in [0.15, 0.2) is 60.7 Å². The van der Waals surface area contributed by atoms with E-state index in [-0.39, 0.29) is 18.9 Å². The van der Waals surface area contributed by atoms with Gasteiger partial charge in [0.25, 0.3) is 0 Å². The van der Waals surface area contributed by atoms with E-state index in [1.165, 1.54) is 22.8 Å². The van der Waals surface area contributed by atoms with E-state index in [9.17, 15) is 0 Å². The standard InChI is InChI=1S/C11H16O2.C10H14.C9H12O2.CH4/c1-8(2)9-5-10(12-3)7-11(6-9)13-4;1-8(2)10-6-4-9(3)5-7-10;1-6(2)7-3-8(10)5-9(11)4-7;/h5-8H,1-4H3;4-8H,1-3H3;3-6,10-11H,1-2H3;1H4. The summed E-state index contributed by atoms with van der Waals surface area (Å²) in [6, 6.07) is 19.3. The second-order valence-electron chi connectivity index (χ2n) is 9.30. The molecular formula is C31H46O4. The van der Waals surface area contributed by atoms with Gasteiger partial charge in [0.1, 0.15) is 23.0 Å². The molecule has 0 aliphatic carbocycles. The van der Waals surface area contributed by atoms with Gasteiger partial charge in [-0.25, -0.2) is 0 Å². The van der Waals surface area contributed by atoms with Crippen LogP contribution < -0.4 is 9.47 Å². The first-order chi connectivity index (χ1) is 16.0. The Kier molecular flexibility index (Phi) is 14.3. The van der Waals surface area contributed by atoms with E-state index in [1.54, 1.807) is 26.4 Å². The van der Waals surface area contributed by atoms with Gasteiger partial charge >= 0.3 is 0 Å². The highest BCUT2D eigenvalue weighted by Crippen LogP contribution is 2.27. The average molecular weight is 483 g/mol. The van der Waals surface area contributed by atoms with Crippen molar-refractivity contribution in [3.63, 3.8) is 0 Å². The lowest BCUT2D eigenvalue weighted by atomic mass is 10.0. The molecule has 0 aliphatic rings. The molecule has 0 heterocycles. The van der Waals surface area contributed by atoms with Gasteiger partial charge in [-0.3, -0.25) is 0 Å². The molecule has 2 N–H and O–H groups in total. The second kappa shape index (κ2) is 15.7. The highest BCUT2D eigenvalue weighted by Gasteiger charge is 2.04. The van der Waals surface area contributed by atoms with Crippen molar-refractivity contribution in [1.82, 2.24) is 0 Å². The van der Waals surface area contributed by atoms with Gasteiger partial charge < -0.3 is 19.7 Å². The van der Waals surface area contributed by atoms with Crippen molar-refractivity contribution >= 4 is 0 Å². The third kappa shape index (κ3) is 11.7. The Bertz CT molecular complexity index is 947. The summed E-state index contributed by atoms with van der Waals surface area (Å²) in [5.41, 5.74) is 4.94. The van der Waals surface area contributed by atoms with Crippen LogP contribution in [0.25, 0.3) is 0 Å².